The molecule has 278 valence electrons. The van der Waals surface area contributed by atoms with Crippen LogP contribution in [-0.2, 0) is 39.9 Å². The van der Waals surface area contributed by atoms with Crippen molar-refractivity contribution in [2.45, 2.75) is 143 Å². The summed E-state index contributed by atoms with van der Waals surface area (Å²) >= 11 is 0. The van der Waals surface area contributed by atoms with Crippen LogP contribution in [0, 0.1) is 23.7 Å². The van der Waals surface area contributed by atoms with Crippen molar-refractivity contribution in [1.29, 1.82) is 0 Å². The molecular formula is C41H61NO8. The lowest BCUT2D eigenvalue weighted by atomic mass is 9.87. The van der Waals surface area contributed by atoms with Crippen LogP contribution in [0.1, 0.15) is 131 Å². The summed E-state index contributed by atoms with van der Waals surface area (Å²) in [5, 5.41) is 2.82. The van der Waals surface area contributed by atoms with Gasteiger partial charge in [-0.15, -0.1) is 5.92 Å². The second-order valence-corrected chi connectivity index (χ2v) is 13.7. The van der Waals surface area contributed by atoms with Crippen LogP contribution in [0.3, 0.4) is 0 Å². The molecule has 1 rings (SSSR count). The number of nitrogens with one attached hydrogen (secondary N) is 1. The number of Topliss-reactive ketones (excluding diaryl/α,β-unsaturated/α-hetero) is 1. The first kappa shape index (κ1) is 44.1. The number of rotatable bonds is 26. The maximum atomic E-state index is 13.8. The smallest absolute Gasteiger partial charge is 0.310 e. The molecule has 3 atom stereocenters. The van der Waals surface area contributed by atoms with Gasteiger partial charge in [-0.1, -0.05) is 75.7 Å². The molecule has 0 aromatic heterocycles. The summed E-state index contributed by atoms with van der Waals surface area (Å²) < 4.78 is 16.4. The van der Waals surface area contributed by atoms with Gasteiger partial charge in [0.2, 0.25) is 5.91 Å². The van der Waals surface area contributed by atoms with E-state index in [0.29, 0.717) is 37.1 Å². The van der Waals surface area contributed by atoms with Crippen LogP contribution in [-0.4, -0.2) is 54.8 Å². The van der Waals surface area contributed by atoms with Gasteiger partial charge in [-0.05, 0) is 83.9 Å². The summed E-state index contributed by atoms with van der Waals surface area (Å²) in [4.78, 5) is 63.0. The second-order valence-electron chi connectivity index (χ2n) is 13.7. The molecule has 1 aromatic rings. The van der Waals surface area contributed by atoms with E-state index < -0.39 is 41.3 Å². The normalized spacial score (nSPS) is 13.0. The third-order valence-corrected chi connectivity index (χ3v) is 8.02. The molecule has 0 heterocycles. The Bertz CT molecular complexity index is 1250. The van der Waals surface area contributed by atoms with Gasteiger partial charge in [0.15, 0.2) is 0 Å². The van der Waals surface area contributed by atoms with Crippen LogP contribution in [0.15, 0.2) is 36.4 Å². The van der Waals surface area contributed by atoms with Crippen molar-refractivity contribution in [2.75, 3.05) is 13.2 Å². The van der Waals surface area contributed by atoms with Crippen molar-refractivity contribution >= 4 is 29.9 Å². The molecule has 9 nitrogen and oxygen atoms in total. The van der Waals surface area contributed by atoms with Gasteiger partial charge < -0.3 is 24.3 Å². The molecule has 9 heteroatoms. The third-order valence-electron chi connectivity index (χ3n) is 8.02. The zero-order chi connectivity index (χ0) is 37.2. The van der Waals surface area contributed by atoms with E-state index in [9.17, 15) is 24.0 Å². The van der Waals surface area contributed by atoms with E-state index in [1.165, 1.54) is 26.2 Å². The van der Waals surface area contributed by atoms with E-state index in [1.807, 2.05) is 18.2 Å². The average molecular weight is 696 g/mol. The maximum Gasteiger partial charge on any atom is 0.310 e. The highest BCUT2D eigenvalue weighted by molar-refractivity contribution is 5.88. The molecule has 1 aromatic carbocycles. The van der Waals surface area contributed by atoms with Gasteiger partial charge >= 0.3 is 11.9 Å². The van der Waals surface area contributed by atoms with E-state index in [2.05, 4.69) is 24.1 Å². The Hall–Kier alpha value is -3.93. The number of ketones is 1. The van der Waals surface area contributed by atoms with E-state index in [4.69, 9.17) is 14.2 Å². The molecule has 0 bridgehead atoms. The Labute approximate surface area is 300 Å². The fourth-order valence-corrected chi connectivity index (χ4v) is 5.37. The van der Waals surface area contributed by atoms with Gasteiger partial charge in [0, 0.05) is 19.8 Å². The number of allylic oxidation sites excluding steroid dienone is 1. The summed E-state index contributed by atoms with van der Waals surface area (Å²) in [6.45, 7) is 10.6. The summed E-state index contributed by atoms with van der Waals surface area (Å²) in [6, 6.07) is 6.36. The Morgan fingerprint density at radius 2 is 1.56 bits per heavy atom. The van der Waals surface area contributed by atoms with Crippen LogP contribution in [0.5, 0.6) is 5.75 Å². The molecule has 0 aliphatic rings. The van der Waals surface area contributed by atoms with E-state index in [0.717, 1.165) is 44.1 Å². The quantitative estimate of drug-likeness (QED) is 0.0344. The molecule has 0 unspecified atom stereocenters. The number of ether oxygens (including phenoxy) is 3. The molecule has 1 amide bonds. The van der Waals surface area contributed by atoms with E-state index in [-0.39, 0.29) is 26.1 Å². The standard InChI is InChI=1S/C41H61NO8/c1-7-9-11-14-17-20-35(45)21-18-15-12-13-16-19-22-37(38(27-29-48-32(3)44)40(47)50-41(4,5)6)39(46)42-34(31-43)30-33-23-25-36(26-24-33)49-28-10-8-2/h19,22-26,31,34,37-38H,7,9,11-18,20-21,27-30H2,1-6H3,(H,42,46)/b22-19+/t34-,37-,38+/m0/s1. The molecule has 1 N–H and O–H groups in total. The van der Waals surface area contributed by atoms with Gasteiger partial charge in [-0.3, -0.25) is 19.2 Å². The number of esters is 2. The Morgan fingerprint density at radius 1 is 0.920 bits per heavy atom. The number of carbonyl (C=O) groups is 5. The number of benzene rings is 1. The minimum absolute atomic E-state index is 0.0658. The molecule has 0 saturated carbocycles. The molecule has 0 saturated heterocycles. The number of hydrogen-bond acceptors (Lipinski definition) is 8. The summed E-state index contributed by atoms with van der Waals surface area (Å²) in [5.74, 6) is 3.10. The van der Waals surface area contributed by atoms with Gasteiger partial charge in [-0.25, -0.2) is 0 Å². The molecule has 0 radical (unpaired) electrons. The van der Waals surface area contributed by atoms with Gasteiger partial charge in [-0.2, -0.15) is 0 Å². The molecule has 0 aliphatic heterocycles. The van der Waals surface area contributed by atoms with Crippen molar-refractivity contribution in [1.82, 2.24) is 5.32 Å². The Kier molecular flexibility index (Phi) is 22.9. The van der Waals surface area contributed by atoms with E-state index in [1.54, 1.807) is 45.9 Å². The number of carbonyl (C=O) groups excluding carboxylic acids is 5. The monoisotopic (exact) mass is 695 g/mol. The van der Waals surface area contributed by atoms with Crippen molar-refractivity contribution < 1.29 is 38.2 Å². The van der Waals surface area contributed by atoms with Crippen LogP contribution >= 0.6 is 0 Å². The van der Waals surface area contributed by atoms with Gasteiger partial charge in [0.05, 0.1) is 24.5 Å². The summed E-state index contributed by atoms with van der Waals surface area (Å²) in [6.07, 6.45) is 15.9. The van der Waals surface area contributed by atoms with Gasteiger partial charge in [0.25, 0.3) is 0 Å². The van der Waals surface area contributed by atoms with Gasteiger partial charge in [0.1, 0.15) is 30.0 Å². The SMILES string of the molecule is CC#CCOc1ccc(C[C@@H](C=O)NC(=O)[C@@H](/C=C/CCCCCCC(=O)CCCCCCC)[C@@H](CCOC(C)=O)C(=O)OC(C)(C)C)cc1. The van der Waals surface area contributed by atoms with E-state index >= 15 is 0 Å². The molecule has 0 fully saturated rings. The third kappa shape index (κ3) is 21.2. The zero-order valence-electron chi connectivity index (χ0n) is 31.4. The maximum absolute atomic E-state index is 13.8. The average Bonchev–Trinajstić information content (AvgIpc) is 3.06. The highest BCUT2D eigenvalue weighted by Gasteiger charge is 2.36. The van der Waals surface area contributed by atoms with Crippen LogP contribution < -0.4 is 10.1 Å². The first-order chi connectivity index (χ1) is 23.9. The van der Waals surface area contributed by atoms with Crippen LogP contribution in [0.25, 0.3) is 0 Å². The van der Waals surface area contributed by atoms with Crippen molar-refractivity contribution in [2.24, 2.45) is 11.8 Å². The lowest BCUT2D eigenvalue weighted by molar-refractivity contribution is -0.164. The molecule has 0 spiro atoms. The number of hydrogen-bond donors (Lipinski definition) is 1. The number of unbranched alkanes of at least 4 members (excludes halogenated alkanes) is 8. The highest BCUT2D eigenvalue weighted by Crippen LogP contribution is 2.25. The second kappa shape index (κ2) is 26.0. The molecule has 50 heavy (non-hydrogen) atoms. The number of aldehydes is 1. The predicted octanol–water partition coefficient (Wildman–Crippen LogP) is 7.67. The Morgan fingerprint density at radius 3 is 2.14 bits per heavy atom. The fourth-order valence-electron chi connectivity index (χ4n) is 5.37. The summed E-state index contributed by atoms with van der Waals surface area (Å²) in [7, 11) is 0. The highest BCUT2D eigenvalue weighted by atomic mass is 16.6. The number of amides is 1. The van der Waals surface area contributed by atoms with Crippen molar-refractivity contribution in [3.63, 3.8) is 0 Å². The molecular weight excluding hydrogens is 634 g/mol. The lowest BCUT2D eigenvalue weighted by Crippen LogP contribution is -2.45. The van der Waals surface area contributed by atoms with Crippen molar-refractivity contribution in [3.8, 4) is 17.6 Å². The largest absolute Gasteiger partial charge is 0.481 e. The van der Waals surface area contributed by atoms with Crippen molar-refractivity contribution in [3.05, 3.63) is 42.0 Å². The topological polar surface area (TPSA) is 125 Å². The summed E-state index contributed by atoms with van der Waals surface area (Å²) in [5.41, 5.74) is 0.0121. The van der Waals surface area contributed by atoms with Crippen LogP contribution in [0.2, 0.25) is 0 Å². The fraction of sp³-hybridized carbons (Fsp3) is 0.634. The van der Waals surface area contributed by atoms with Crippen LogP contribution in [0.4, 0.5) is 0 Å². The first-order valence-corrected chi connectivity index (χ1v) is 18.3. The Balaban J connectivity index is 2.95. The molecule has 0 aliphatic carbocycles. The predicted molar refractivity (Wildman–Crippen MR) is 196 cm³/mol. The lowest BCUT2D eigenvalue weighted by Gasteiger charge is -2.28. The minimum atomic E-state index is -0.965. The first-order valence-electron chi connectivity index (χ1n) is 18.3. The zero-order valence-corrected chi connectivity index (χ0v) is 31.4. The minimum Gasteiger partial charge on any atom is -0.481 e.